The van der Waals surface area contributed by atoms with E-state index in [0.717, 1.165) is 36.8 Å². The number of anilines is 1. The molecule has 1 aliphatic heterocycles. The van der Waals surface area contributed by atoms with E-state index >= 15 is 0 Å². The van der Waals surface area contributed by atoms with Gasteiger partial charge in [0.15, 0.2) is 0 Å². The molecule has 1 N–H and O–H groups in total. The summed E-state index contributed by atoms with van der Waals surface area (Å²) in [5.41, 5.74) is 1.83. The second-order valence-corrected chi connectivity index (χ2v) is 4.82. The van der Waals surface area contributed by atoms with Crippen LogP contribution in [0.2, 0.25) is 0 Å². The molecule has 0 amide bonds. The van der Waals surface area contributed by atoms with Crippen molar-refractivity contribution in [1.82, 2.24) is 14.5 Å². The highest BCUT2D eigenvalue weighted by Crippen LogP contribution is 2.21. The van der Waals surface area contributed by atoms with E-state index in [9.17, 15) is 5.11 Å². The van der Waals surface area contributed by atoms with Crippen LogP contribution in [0, 0.1) is 0 Å². The fourth-order valence-corrected chi connectivity index (χ4v) is 2.38. The summed E-state index contributed by atoms with van der Waals surface area (Å²) in [6, 6.07) is 3.93. The lowest BCUT2D eigenvalue weighted by Gasteiger charge is -2.29. The van der Waals surface area contributed by atoms with Crippen LogP contribution < -0.4 is 4.90 Å². The lowest BCUT2D eigenvalue weighted by atomic mass is 10.2. The van der Waals surface area contributed by atoms with Gasteiger partial charge in [0, 0.05) is 25.5 Å². The van der Waals surface area contributed by atoms with Crippen LogP contribution in [0.4, 0.5) is 5.69 Å². The largest absolute Gasteiger partial charge is 0.387 e. The van der Waals surface area contributed by atoms with Crippen LogP contribution in [0.5, 0.6) is 0 Å². The number of fused-ring (bicyclic) bond motifs is 1. The standard InChI is InChI=1S/C14H18N4O/c1-2-13(19)12-4-3-11(9-16-12)18-8-7-17-6-5-15-14(17)10-18/h3-6,9,13,19H,2,7-8,10H2,1H3/t13-/m1/s1. The van der Waals surface area contributed by atoms with E-state index < -0.39 is 6.10 Å². The van der Waals surface area contributed by atoms with Gasteiger partial charge in [-0.2, -0.15) is 0 Å². The second-order valence-electron chi connectivity index (χ2n) is 4.82. The fourth-order valence-electron chi connectivity index (χ4n) is 2.38. The Morgan fingerprint density at radius 1 is 1.32 bits per heavy atom. The minimum absolute atomic E-state index is 0.464. The topological polar surface area (TPSA) is 54.2 Å². The number of pyridine rings is 1. The highest BCUT2D eigenvalue weighted by atomic mass is 16.3. The molecule has 3 heterocycles. The van der Waals surface area contributed by atoms with E-state index in [1.165, 1.54) is 0 Å². The van der Waals surface area contributed by atoms with Crippen molar-refractivity contribution in [2.75, 3.05) is 11.4 Å². The van der Waals surface area contributed by atoms with Crippen LogP contribution in [0.1, 0.15) is 31.0 Å². The first-order valence-electron chi connectivity index (χ1n) is 6.67. The maximum Gasteiger partial charge on any atom is 0.128 e. The van der Waals surface area contributed by atoms with Gasteiger partial charge in [0.1, 0.15) is 5.82 Å². The number of aliphatic hydroxyl groups is 1. The zero-order valence-corrected chi connectivity index (χ0v) is 11.0. The van der Waals surface area contributed by atoms with E-state index in [1.54, 1.807) is 0 Å². The van der Waals surface area contributed by atoms with Crippen molar-refractivity contribution in [2.45, 2.75) is 32.5 Å². The lowest BCUT2D eigenvalue weighted by molar-refractivity contribution is 0.169. The molecule has 100 valence electrons. The summed E-state index contributed by atoms with van der Waals surface area (Å²) in [4.78, 5) is 11.0. The van der Waals surface area contributed by atoms with Crippen molar-refractivity contribution in [2.24, 2.45) is 0 Å². The molecule has 0 aliphatic carbocycles. The molecule has 2 aromatic heterocycles. The monoisotopic (exact) mass is 258 g/mol. The van der Waals surface area contributed by atoms with Gasteiger partial charge in [0.05, 0.1) is 30.2 Å². The van der Waals surface area contributed by atoms with E-state index in [1.807, 2.05) is 37.6 Å². The van der Waals surface area contributed by atoms with Gasteiger partial charge in [-0.15, -0.1) is 0 Å². The minimum atomic E-state index is -0.464. The smallest absolute Gasteiger partial charge is 0.128 e. The van der Waals surface area contributed by atoms with Gasteiger partial charge in [-0.25, -0.2) is 4.98 Å². The van der Waals surface area contributed by atoms with Crippen LogP contribution in [-0.2, 0) is 13.1 Å². The molecule has 0 bridgehead atoms. The number of hydrogen-bond acceptors (Lipinski definition) is 4. The molecule has 0 fully saturated rings. The molecule has 0 saturated heterocycles. The van der Waals surface area contributed by atoms with Crippen LogP contribution in [0.3, 0.4) is 0 Å². The number of aromatic nitrogens is 3. The highest BCUT2D eigenvalue weighted by Gasteiger charge is 2.17. The molecule has 3 rings (SSSR count). The van der Waals surface area contributed by atoms with Crippen molar-refractivity contribution in [1.29, 1.82) is 0 Å². The van der Waals surface area contributed by atoms with Crippen LogP contribution in [-0.4, -0.2) is 26.2 Å². The summed E-state index contributed by atoms with van der Waals surface area (Å²) in [5, 5.41) is 9.74. The van der Waals surface area contributed by atoms with Gasteiger partial charge >= 0.3 is 0 Å². The quantitative estimate of drug-likeness (QED) is 0.911. The Hall–Kier alpha value is -1.88. The van der Waals surface area contributed by atoms with Gasteiger partial charge in [-0.05, 0) is 18.6 Å². The van der Waals surface area contributed by atoms with Gasteiger partial charge in [-0.3, -0.25) is 4.98 Å². The summed E-state index contributed by atoms with van der Waals surface area (Å²) in [6.45, 7) is 4.67. The van der Waals surface area contributed by atoms with Gasteiger partial charge in [0.2, 0.25) is 0 Å². The third-order valence-electron chi connectivity index (χ3n) is 3.61. The SMILES string of the molecule is CC[C@@H](O)c1ccc(N2CCn3ccnc3C2)cn1. The number of aliphatic hydroxyl groups excluding tert-OH is 1. The Bertz CT molecular complexity index is 549. The molecule has 0 spiro atoms. The minimum Gasteiger partial charge on any atom is -0.387 e. The number of rotatable bonds is 3. The van der Waals surface area contributed by atoms with E-state index in [4.69, 9.17) is 0 Å². The first kappa shape index (κ1) is 12.2. The summed E-state index contributed by atoms with van der Waals surface area (Å²) in [6.07, 6.45) is 5.93. The normalized spacial score (nSPS) is 16.2. The first-order valence-corrected chi connectivity index (χ1v) is 6.67. The van der Waals surface area contributed by atoms with E-state index in [0.29, 0.717) is 6.42 Å². The Morgan fingerprint density at radius 3 is 2.95 bits per heavy atom. The van der Waals surface area contributed by atoms with Crippen molar-refractivity contribution in [3.8, 4) is 0 Å². The fraction of sp³-hybridized carbons (Fsp3) is 0.429. The van der Waals surface area contributed by atoms with Crippen molar-refractivity contribution in [3.63, 3.8) is 0 Å². The molecule has 0 unspecified atom stereocenters. The first-order chi connectivity index (χ1) is 9.28. The van der Waals surface area contributed by atoms with Crippen LogP contribution in [0.25, 0.3) is 0 Å². The number of nitrogens with zero attached hydrogens (tertiary/aromatic N) is 4. The van der Waals surface area contributed by atoms with Crippen molar-refractivity contribution in [3.05, 3.63) is 42.2 Å². The van der Waals surface area contributed by atoms with E-state index in [2.05, 4.69) is 19.4 Å². The summed E-state index contributed by atoms with van der Waals surface area (Å²) in [5.74, 6) is 1.09. The molecular formula is C14H18N4O. The van der Waals surface area contributed by atoms with Crippen LogP contribution in [0.15, 0.2) is 30.7 Å². The van der Waals surface area contributed by atoms with Gasteiger partial charge in [0.25, 0.3) is 0 Å². The van der Waals surface area contributed by atoms with E-state index in [-0.39, 0.29) is 0 Å². The van der Waals surface area contributed by atoms with Crippen molar-refractivity contribution < 1.29 is 5.11 Å². The van der Waals surface area contributed by atoms with Gasteiger partial charge < -0.3 is 14.6 Å². The number of imidazole rings is 1. The second kappa shape index (κ2) is 5.01. The Kier molecular flexibility index (Phi) is 3.21. The number of hydrogen-bond donors (Lipinski definition) is 1. The Balaban J connectivity index is 1.77. The molecule has 1 atom stereocenters. The van der Waals surface area contributed by atoms with Crippen molar-refractivity contribution >= 4 is 5.69 Å². The third-order valence-corrected chi connectivity index (χ3v) is 3.61. The predicted molar refractivity (Wildman–Crippen MR) is 72.8 cm³/mol. The summed E-state index contributed by atoms with van der Waals surface area (Å²) in [7, 11) is 0. The van der Waals surface area contributed by atoms with Crippen LogP contribution >= 0.6 is 0 Å². The molecule has 0 saturated carbocycles. The molecule has 2 aromatic rings. The molecule has 0 radical (unpaired) electrons. The highest BCUT2D eigenvalue weighted by molar-refractivity contribution is 5.45. The third kappa shape index (κ3) is 2.33. The summed E-state index contributed by atoms with van der Waals surface area (Å²) < 4.78 is 2.18. The average Bonchev–Trinajstić information content (AvgIpc) is 2.94. The maximum absolute atomic E-state index is 9.74. The molecule has 0 aromatic carbocycles. The lowest BCUT2D eigenvalue weighted by Crippen LogP contribution is -2.33. The summed E-state index contributed by atoms with van der Waals surface area (Å²) >= 11 is 0. The molecular weight excluding hydrogens is 240 g/mol. The molecule has 1 aliphatic rings. The zero-order chi connectivity index (χ0) is 13.2. The zero-order valence-electron chi connectivity index (χ0n) is 11.0. The Morgan fingerprint density at radius 2 is 2.21 bits per heavy atom. The predicted octanol–water partition coefficient (Wildman–Crippen LogP) is 1.74. The average molecular weight is 258 g/mol. The Labute approximate surface area is 112 Å². The molecule has 5 nitrogen and oxygen atoms in total. The maximum atomic E-state index is 9.74. The molecule has 19 heavy (non-hydrogen) atoms. The molecule has 5 heteroatoms. The van der Waals surface area contributed by atoms with Gasteiger partial charge in [-0.1, -0.05) is 6.92 Å².